The van der Waals surface area contributed by atoms with Gasteiger partial charge in [0.05, 0.1) is 0 Å². The van der Waals surface area contributed by atoms with Gasteiger partial charge in [0, 0.05) is 24.5 Å². The molecule has 0 spiro atoms. The van der Waals surface area contributed by atoms with Crippen LogP contribution in [0.3, 0.4) is 0 Å². The van der Waals surface area contributed by atoms with Gasteiger partial charge in [-0.2, -0.15) is 0 Å². The van der Waals surface area contributed by atoms with Gasteiger partial charge in [0.25, 0.3) is 5.91 Å². The number of nitrogens with one attached hydrogen (secondary N) is 1. The molecular formula is C30H35ClN2O3. The van der Waals surface area contributed by atoms with Gasteiger partial charge in [-0.05, 0) is 60.2 Å². The van der Waals surface area contributed by atoms with Crippen LogP contribution in [0.15, 0.2) is 72.8 Å². The summed E-state index contributed by atoms with van der Waals surface area (Å²) < 4.78 is 5.95. The monoisotopic (exact) mass is 506 g/mol. The van der Waals surface area contributed by atoms with E-state index in [-0.39, 0.29) is 25.0 Å². The summed E-state index contributed by atoms with van der Waals surface area (Å²) in [6.07, 6.45) is 0.396. The van der Waals surface area contributed by atoms with Gasteiger partial charge in [0.15, 0.2) is 6.61 Å². The number of carbonyl (C=O) groups is 2. The van der Waals surface area contributed by atoms with E-state index in [4.69, 9.17) is 16.3 Å². The Bertz CT molecular complexity index is 1150. The zero-order chi connectivity index (χ0) is 26.1. The van der Waals surface area contributed by atoms with Crippen molar-refractivity contribution in [1.29, 1.82) is 0 Å². The molecule has 3 aromatic rings. The first kappa shape index (κ1) is 27.3. The van der Waals surface area contributed by atoms with Gasteiger partial charge < -0.3 is 15.0 Å². The molecule has 0 aliphatic rings. The molecule has 0 aliphatic carbocycles. The van der Waals surface area contributed by atoms with E-state index in [1.165, 1.54) is 0 Å². The minimum Gasteiger partial charge on any atom is -0.483 e. The maximum Gasteiger partial charge on any atom is 0.261 e. The predicted molar refractivity (Wildman–Crippen MR) is 145 cm³/mol. The Kier molecular flexibility index (Phi) is 9.95. The number of amides is 2. The molecule has 0 aromatic heterocycles. The summed E-state index contributed by atoms with van der Waals surface area (Å²) in [6.45, 7) is 8.69. The zero-order valence-electron chi connectivity index (χ0n) is 21.5. The number of hydrogen-bond donors (Lipinski definition) is 1. The number of aryl methyl sites for hydroxylation is 1. The average molecular weight is 507 g/mol. The number of halogens is 1. The molecule has 6 heteroatoms. The fraction of sp³-hybridized carbons (Fsp3) is 0.333. The third kappa shape index (κ3) is 7.85. The molecular weight excluding hydrogens is 472 g/mol. The van der Waals surface area contributed by atoms with E-state index in [0.29, 0.717) is 29.7 Å². The van der Waals surface area contributed by atoms with E-state index in [1.54, 1.807) is 17.0 Å². The fourth-order valence-electron chi connectivity index (χ4n) is 3.87. The van der Waals surface area contributed by atoms with Gasteiger partial charge in [0.1, 0.15) is 11.8 Å². The second-order valence-electron chi connectivity index (χ2n) is 9.48. The van der Waals surface area contributed by atoms with Crippen molar-refractivity contribution in [1.82, 2.24) is 10.2 Å². The summed E-state index contributed by atoms with van der Waals surface area (Å²) in [6, 6.07) is 22.2. The van der Waals surface area contributed by atoms with E-state index >= 15 is 0 Å². The second kappa shape index (κ2) is 13.1. The van der Waals surface area contributed by atoms with Crippen LogP contribution in [0.2, 0.25) is 5.02 Å². The van der Waals surface area contributed by atoms with E-state index in [9.17, 15) is 9.59 Å². The Hall–Kier alpha value is -3.31. The summed E-state index contributed by atoms with van der Waals surface area (Å²) in [5, 5.41) is 3.64. The van der Waals surface area contributed by atoms with Crippen molar-refractivity contribution in [2.24, 2.45) is 5.92 Å². The number of benzene rings is 3. The minimum atomic E-state index is -0.698. The smallest absolute Gasteiger partial charge is 0.261 e. The second-order valence-corrected chi connectivity index (χ2v) is 9.92. The lowest BCUT2D eigenvalue weighted by Gasteiger charge is -2.32. The van der Waals surface area contributed by atoms with Crippen molar-refractivity contribution in [2.75, 3.05) is 13.2 Å². The van der Waals surface area contributed by atoms with Gasteiger partial charge in [-0.15, -0.1) is 0 Å². The van der Waals surface area contributed by atoms with Crippen LogP contribution in [-0.4, -0.2) is 35.9 Å². The lowest BCUT2D eigenvalue weighted by atomic mass is 10.0. The van der Waals surface area contributed by atoms with Crippen LogP contribution >= 0.6 is 11.6 Å². The molecule has 190 valence electrons. The molecule has 0 aliphatic heterocycles. The summed E-state index contributed by atoms with van der Waals surface area (Å²) >= 11 is 6.08. The molecule has 5 nitrogen and oxygen atoms in total. The zero-order valence-corrected chi connectivity index (χ0v) is 22.2. The highest BCUT2D eigenvalue weighted by molar-refractivity contribution is 6.30. The number of rotatable bonds is 11. The van der Waals surface area contributed by atoms with Crippen LogP contribution in [0.5, 0.6) is 5.75 Å². The standard InChI is InChI=1S/C30H35ClN2O3/c1-21(2)18-32-30(35)27(17-24-10-6-5-7-11-24)33(19-25-13-15-26(31)16-14-25)29(34)20-36-28-12-8-9-22(3)23(28)4/h5-16,21,27H,17-20H2,1-4H3,(H,32,35)/t27-/m0/s1. The normalized spacial score (nSPS) is 11.7. The van der Waals surface area contributed by atoms with Crippen LogP contribution in [0, 0.1) is 19.8 Å². The summed E-state index contributed by atoms with van der Waals surface area (Å²) in [7, 11) is 0. The maximum absolute atomic E-state index is 13.7. The Morgan fingerprint density at radius 2 is 1.61 bits per heavy atom. The highest BCUT2D eigenvalue weighted by atomic mass is 35.5. The van der Waals surface area contributed by atoms with Crippen LogP contribution in [0.1, 0.15) is 36.1 Å². The molecule has 0 radical (unpaired) electrons. The molecule has 2 amide bonds. The number of nitrogens with zero attached hydrogens (tertiary/aromatic N) is 1. The molecule has 3 rings (SSSR count). The van der Waals surface area contributed by atoms with Gasteiger partial charge >= 0.3 is 0 Å². The predicted octanol–water partition coefficient (Wildman–Crippen LogP) is 5.75. The van der Waals surface area contributed by atoms with E-state index < -0.39 is 6.04 Å². The number of ether oxygens (including phenoxy) is 1. The van der Waals surface area contributed by atoms with E-state index in [2.05, 4.69) is 5.32 Å². The van der Waals surface area contributed by atoms with Crippen molar-refractivity contribution < 1.29 is 14.3 Å². The van der Waals surface area contributed by atoms with Gasteiger partial charge in [-0.25, -0.2) is 0 Å². The van der Waals surface area contributed by atoms with Crippen molar-refractivity contribution in [3.63, 3.8) is 0 Å². The highest BCUT2D eigenvalue weighted by Crippen LogP contribution is 2.22. The summed E-state index contributed by atoms with van der Waals surface area (Å²) in [4.78, 5) is 28.7. The molecule has 0 saturated heterocycles. The first-order valence-electron chi connectivity index (χ1n) is 12.3. The van der Waals surface area contributed by atoms with E-state index in [1.807, 2.05) is 88.4 Å². The van der Waals surface area contributed by atoms with Crippen LogP contribution in [0.25, 0.3) is 0 Å². The number of hydrogen-bond acceptors (Lipinski definition) is 3. The quantitative estimate of drug-likeness (QED) is 0.360. The molecule has 1 N–H and O–H groups in total. The Morgan fingerprint density at radius 3 is 2.28 bits per heavy atom. The maximum atomic E-state index is 13.7. The lowest BCUT2D eigenvalue weighted by Crippen LogP contribution is -2.52. The van der Waals surface area contributed by atoms with Crippen molar-refractivity contribution >= 4 is 23.4 Å². The molecule has 0 saturated carbocycles. The Morgan fingerprint density at radius 1 is 0.917 bits per heavy atom. The third-order valence-electron chi connectivity index (χ3n) is 6.13. The molecule has 1 atom stereocenters. The summed E-state index contributed by atoms with van der Waals surface area (Å²) in [5.74, 6) is 0.520. The molecule has 3 aromatic carbocycles. The van der Waals surface area contributed by atoms with Crippen molar-refractivity contribution in [3.05, 3.63) is 100 Å². The van der Waals surface area contributed by atoms with Crippen LogP contribution in [0.4, 0.5) is 0 Å². The van der Waals surface area contributed by atoms with Crippen molar-refractivity contribution in [2.45, 2.75) is 46.7 Å². The lowest BCUT2D eigenvalue weighted by molar-refractivity contribution is -0.142. The molecule has 0 bridgehead atoms. The first-order chi connectivity index (χ1) is 17.2. The van der Waals surface area contributed by atoms with E-state index in [0.717, 1.165) is 22.3 Å². The first-order valence-corrected chi connectivity index (χ1v) is 12.7. The average Bonchev–Trinajstić information content (AvgIpc) is 2.87. The third-order valence-corrected chi connectivity index (χ3v) is 6.38. The fourth-order valence-corrected chi connectivity index (χ4v) is 3.99. The van der Waals surface area contributed by atoms with Gasteiger partial charge in [-0.1, -0.05) is 80.0 Å². The Labute approximate surface area is 219 Å². The largest absolute Gasteiger partial charge is 0.483 e. The Balaban J connectivity index is 1.91. The SMILES string of the molecule is Cc1cccc(OCC(=O)N(Cc2ccc(Cl)cc2)[C@@H](Cc2ccccc2)C(=O)NCC(C)C)c1C. The molecule has 0 heterocycles. The van der Waals surface area contributed by atoms with Gasteiger partial charge in [0.2, 0.25) is 5.91 Å². The summed E-state index contributed by atoms with van der Waals surface area (Å²) in [5.41, 5.74) is 3.94. The topological polar surface area (TPSA) is 58.6 Å². The van der Waals surface area contributed by atoms with Crippen LogP contribution < -0.4 is 10.1 Å². The molecule has 0 unspecified atom stereocenters. The highest BCUT2D eigenvalue weighted by Gasteiger charge is 2.30. The molecule has 36 heavy (non-hydrogen) atoms. The van der Waals surface area contributed by atoms with Crippen LogP contribution in [-0.2, 0) is 22.6 Å². The van der Waals surface area contributed by atoms with Gasteiger partial charge in [-0.3, -0.25) is 9.59 Å². The molecule has 0 fully saturated rings. The number of carbonyl (C=O) groups excluding carboxylic acids is 2. The van der Waals surface area contributed by atoms with Crippen molar-refractivity contribution in [3.8, 4) is 5.75 Å². The minimum absolute atomic E-state index is 0.166.